The van der Waals surface area contributed by atoms with Crippen LogP contribution >= 0.6 is 34.8 Å². The molecule has 2 nitrogen and oxygen atoms in total. The molecule has 0 radical (unpaired) electrons. The summed E-state index contributed by atoms with van der Waals surface area (Å²) in [5.74, 6) is 0. The first kappa shape index (κ1) is 18.5. The molecule has 3 rings (SSSR count). The van der Waals surface area contributed by atoms with E-state index in [2.05, 4.69) is 10.3 Å². The van der Waals surface area contributed by atoms with Crippen LogP contribution in [-0.4, -0.2) is 6.21 Å². The van der Waals surface area contributed by atoms with E-state index in [0.717, 1.165) is 22.6 Å². The van der Waals surface area contributed by atoms with Crippen LogP contribution in [-0.2, 0) is 0 Å². The second-order valence-corrected chi connectivity index (χ2v) is 6.85. The molecule has 0 aliphatic carbocycles. The largest absolute Gasteiger partial charge is 0.355 e. The number of allylic oxidation sites excluding steroid dienone is 1. The number of halogens is 3. The number of hydrogen-bond donors (Lipinski definition) is 2. The zero-order valence-electron chi connectivity index (χ0n) is 13.7. The summed E-state index contributed by atoms with van der Waals surface area (Å²) >= 11 is 17.9. The van der Waals surface area contributed by atoms with Gasteiger partial charge in [-0.05, 0) is 54.1 Å². The van der Waals surface area contributed by atoms with Crippen molar-refractivity contribution >= 4 is 58.1 Å². The van der Waals surface area contributed by atoms with Crippen LogP contribution in [0.4, 0.5) is 11.4 Å². The molecule has 0 amide bonds. The van der Waals surface area contributed by atoms with Crippen molar-refractivity contribution in [1.82, 2.24) is 0 Å². The maximum absolute atomic E-state index is 6.01. The van der Waals surface area contributed by atoms with E-state index in [1.165, 1.54) is 0 Å². The van der Waals surface area contributed by atoms with Gasteiger partial charge in [0.2, 0.25) is 5.69 Å². The van der Waals surface area contributed by atoms with Crippen LogP contribution in [0.25, 0.3) is 5.70 Å². The first-order valence-corrected chi connectivity index (χ1v) is 9.08. The molecule has 3 aromatic carbocycles. The van der Waals surface area contributed by atoms with Crippen molar-refractivity contribution in [2.45, 2.75) is 0 Å². The minimum atomic E-state index is 0.697. The molecule has 5 heteroatoms. The lowest BCUT2D eigenvalue weighted by Crippen LogP contribution is -2.60. The maximum Gasteiger partial charge on any atom is 0.203 e. The molecule has 0 heterocycles. The lowest BCUT2D eigenvalue weighted by molar-refractivity contribution is -0.346. The van der Waals surface area contributed by atoms with Crippen LogP contribution < -0.4 is 10.3 Å². The summed E-state index contributed by atoms with van der Waals surface area (Å²) in [6.45, 7) is 0. The molecule has 0 aliphatic heterocycles. The number of benzene rings is 3. The third-order valence-corrected chi connectivity index (χ3v) is 4.38. The van der Waals surface area contributed by atoms with E-state index in [0.29, 0.717) is 15.1 Å². The number of hydrogen-bond acceptors (Lipinski definition) is 1. The molecular formula is C21H16Cl3N2+. The molecule has 0 unspecified atom stereocenters. The van der Waals surface area contributed by atoms with E-state index in [9.17, 15) is 0 Å². The van der Waals surface area contributed by atoms with E-state index in [1.807, 2.05) is 85.1 Å². The summed E-state index contributed by atoms with van der Waals surface area (Å²) in [6.07, 6.45) is 3.84. The third kappa shape index (κ3) is 5.37. The Morgan fingerprint density at radius 2 is 1.19 bits per heavy atom. The van der Waals surface area contributed by atoms with Crippen molar-refractivity contribution in [2.75, 3.05) is 5.32 Å². The maximum atomic E-state index is 6.01. The van der Waals surface area contributed by atoms with Crippen LogP contribution in [0.2, 0.25) is 15.1 Å². The van der Waals surface area contributed by atoms with Gasteiger partial charge in [-0.3, -0.25) is 0 Å². The van der Waals surface area contributed by atoms with Crippen molar-refractivity contribution in [2.24, 2.45) is 0 Å². The molecule has 0 saturated carbocycles. The Kier molecular flexibility index (Phi) is 6.35. The molecule has 0 atom stereocenters. The molecule has 2 N–H and O–H groups in total. The van der Waals surface area contributed by atoms with E-state index in [1.54, 1.807) is 0 Å². The Labute approximate surface area is 167 Å². The van der Waals surface area contributed by atoms with Crippen molar-refractivity contribution in [1.29, 1.82) is 0 Å². The normalized spacial score (nSPS) is 11.7. The zero-order valence-corrected chi connectivity index (χ0v) is 16.0. The smallest absolute Gasteiger partial charge is 0.203 e. The Morgan fingerprint density at radius 3 is 1.77 bits per heavy atom. The summed E-state index contributed by atoms with van der Waals surface area (Å²) in [4.78, 5) is 3.23. The van der Waals surface area contributed by atoms with E-state index < -0.39 is 0 Å². The molecule has 3 aromatic rings. The van der Waals surface area contributed by atoms with Gasteiger partial charge in [0.05, 0.1) is 5.70 Å². The van der Waals surface area contributed by atoms with Crippen molar-refractivity contribution in [3.63, 3.8) is 0 Å². The van der Waals surface area contributed by atoms with Crippen molar-refractivity contribution in [3.8, 4) is 0 Å². The second kappa shape index (κ2) is 8.91. The third-order valence-electron chi connectivity index (χ3n) is 3.62. The Bertz CT molecular complexity index is 913. The van der Waals surface area contributed by atoms with Gasteiger partial charge in [0, 0.05) is 39.0 Å². The van der Waals surface area contributed by atoms with Gasteiger partial charge in [0.15, 0.2) is 6.21 Å². The fourth-order valence-electron chi connectivity index (χ4n) is 2.30. The minimum absolute atomic E-state index is 0.697. The van der Waals surface area contributed by atoms with E-state index in [4.69, 9.17) is 34.8 Å². The summed E-state index contributed by atoms with van der Waals surface area (Å²) < 4.78 is 0. The lowest BCUT2D eigenvalue weighted by atomic mass is 10.1. The van der Waals surface area contributed by atoms with Gasteiger partial charge in [-0.2, -0.15) is 0 Å². The van der Waals surface area contributed by atoms with Gasteiger partial charge in [-0.1, -0.05) is 46.9 Å². The van der Waals surface area contributed by atoms with Crippen LogP contribution in [0.1, 0.15) is 5.56 Å². The van der Waals surface area contributed by atoms with Crippen molar-refractivity contribution in [3.05, 3.63) is 99.5 Å². The summed E-state index contributed by atoms with van der Waals surface area (Å²) in [5.41, 5.74) is 3.83. The predicted octanol–water partition coefficient (Wildman–Crippen LogP) is 5.58. The highest BCUT2D eigenvalue weighted by atomic mass is 35.5. The van der Waals surface area contributed by atoms with Gasteiger partial charge in [0.25, 0.3) is 0 Å². The lowest BCUT2D eigenvalue weighted by Gasteiger charge is -2.11. The second-order valence-electron chi connectivity index (χ2n) is 5.54. The van der Waals surface area contributed by atoms with Crippen LogP contribution in [0.5, 0.6) is 0 Å². The number of nitrogens with one attached hydrogen (secondary N) is 2. The van der Waals surface area contributed by atoms with Crippen LogP contribution in [0.15, 0.2) is 78.9 Å². The Hall–Kier alpha value is -2.26. The molecule has 0 bridgehead atoms. The first-order valence-electron chi connectivity index (χ1n) is 7.94. The Morgan fingerprint density at radius 1 is 0.692 bits per heavy atom. The van der Waals surface area contributed by atoms with E-state index in [-0.39, 0.29) is 0 Å². The first-order chi connectivity index (χ1) is 12.6. The van der Waals surface area contributed by atoms with Gasteiger partial charge >= 0.3 is 0 Å². The molecule has 130 valence electrons. The molecule has 26 heavy (non-hydrogen) atoms. The molecule has 0 fully saturated rings. The average Bonchev–Trinajstić information content (AvgIpc) is 2.65. The summed E-state index contributed by atoms with van der Waals surface area (Å²) in [7, 11) is 0. The minimum Gasteiger partial charge on any atom is -0.355 e. The standard InChI is InChI=1S/C21H15Cl3N2/c22-16-3-1-15(2-4-16)21(26-20-11-7-18(24)8-12-20)13-14-25-19-9-5-17(23)6-10-19/h1-14,26H/p+1. The van der Waals surface area contributed by atoms with Gasteiger partial charge in [-0.15, -0.1) is 0 Å². The SMILES string of the molecule is Clc1ccc(NC(=CC=[NH+]c2ccc(Cl)cc2)c2ccc(Cl)cc2)cc1. The fraction of sp³-hybridized carbons (Fsp3) is 0. The molecule has 0 aliphatic rings. The molecule has 0 aromatic heterocycles. The molecule has 0 spiro atoms. The topological polar surface area (TPSA) is 26.0 Å². The van der Waals surface area contributed by atoms with Gasteiger partial charge < -0.3 is 5.32 Å². The van der Waals surface area contributed by atoms with Gasteiger partial charge in [0.1, 0.15) is 0 Å². The van der Waals surface area contributed by atoms with Crippen LogP contribution in [0.3, 0.4) is 0 Å². The molecule has 0 saturated heterocycles. The highest BCUT2D eigenvalue weighted by molar-refractivity contribution is 6.31. The quantitative estimate of drug-likeness (QED) is 0.535. The number of anilines is 1. The summed E-state index contributed by atoms with van der Waals surface area (Å²) in [5, 5.41) is 5.51. The van der Waals surface area contributed by atoms with E-state index >= 15 is 0 Å². The average molecular weight is 403 g/mol. The van der Waals surface area contributed by atoms with Crippen molar-refractivity contribution < 1.29 is 4.99 Å². The highest BCUT2D eigenvalue weighted by Gasteiger charge is 2.03. The zero-order chi connectivity index (χ0) is 18.4. The predicted molar refractivity (Wildman–Crippen MR) is 113 cm³/mol. The monoisotopic (exact) mass is 401 g/mol. The number of rotatable bonds is 5. The van der Waals surface area contributed by atoms with Gasteiger partial charge in [-0.25, -0.2) is 4.99 Å². The molecular weight excluding hydrogens is 387 g/mol. The highest BCUT2D eigenvalue weighted by Crippen LogP contribution is 2.21. The summed E-state index contributed by atoms with van der Waals surface area (Å²) in [6, 6.07) is 22.7. The Balaban J connectivity index is 1.87. The fourth-order valence-corrected chi connectivity index (χ4v) is 2.67. The van der Waals surface area contributed by atoms with Crippen LogP contribution in [0, 0.1) is 0 Å².